The lowest BCUT2D eigenvalue weighted by Crippen LogP contribution is -2.56. The molecule has 6 nitrogen and oxygen atoms in total. The van der Waals surface area contributed by atoms with Crippen LogP contribution >= 0.6 is 0 Å². The van der Waals surface area contributed by atoms with E-state index in [-0.39, 0.29) is 25.2 Å². The monoisotopic (exact) mass is 487 g/mol. The zero-order valence-corrected chi connectivity index (χ0v) is 19.0. The number of anilines is 2. The molecule has 1 atom stereocenters. The Labute approximate surface area is 190 Å². The number of benzene rings is 2. The topological polar surface area (TPSA) is 60.9 Å². The van der Waals surface area contributed by atoms with Crippen molar-refractivity contribution in [1.82, 2.24) is 4.90 Å². The number of carbonyl (C=O) groups is 1. The second kappa shape index (κ2) is 9.58. The van der Waals surface area contributed by atoms with Gasteiger partial charge in [-0.3, -0.25) is 9.10 Å². The van der Waals surface area contributed by atoms with Gasteiger partial charge in [-0.05, 0) is 48.9 Å². The molecule has 1 saturated heterocycles. The number of hydrogen-bond donors (Lipinski definition) is 0. The number of nitrogens with zero attached hydrogens (tertiary/aromatic N) is 3. The molecule has 1 aliphatic heterocycles. The van der Waals surface area contributed by atoms with Crippen LogP contribution in [0.25, 0.3) is 0 Å². The highest BCUT2D eigenvalue weighted by molar-refractivity contribution is 7.92. The molecule has 0 aliphatic carbocycles. The number of hydrogen-bond acceptors (Lipinski definition) is 4. The molecule has 0 bridgehead atoms. The van der Waals surface area contributed by atoms with Gasteiger partial charge in [0.1, 0.15) is 11.9 Å². The van der Waals surface area contributed by atoms with Crippen LogP contribution in [0.5, 0.6) is 0 Å². The number of halogens is 4. The van der Waals surface area contributed by atoms with E-state index in [1.807, 2.05) is 0 Å². The lowest BCUT2D eigenvalue weighted by Gasteiger charge is -2.39. The normalized spacial score (nSPS) is 15.9. The molecule has 2 aromatic carbocycles. The molecular weight excluding hydrogens is 462 g/mol. The second-order valence-corrected chi connectivity index (χ2v) is 9.68. The fraction of sp³-hybridized carbons (Fsp3) is 0.409. The summed E-state index contributed by atoms with van der Waals surface area (Å²) in [6.45, 7) is 2.75. The van der Waals surface area contributed by atoms with Crippen LogP contribution < -0.4 is 9.21 Å². The summed E-state index contributed by atoms with van der Waals surface area (Å²) in [6, 6.07) is 8.84. The third kappa shape index (κ3) is 5.76. The van der Waals surface area contributed by atoms with Gasteiger partial charge in [0, 0.05) is 31.9 Å². The number of piperazine rings is 1. The van der Waals surface area contributed by atoms with E-state index in [0.29, 0.717) is 18.8 Å². The average Bonchev–Trinajstić information content (AvgIpc) is 2.76. The highest BCUT2D eigenvalue weighted by atomic mass is 32.2. The molecule has 0 unspecified atom stereocenters. The first kappa shape index (κ1) is 24.8. The van der Waals surface area contributed by atoms with Gasteiger partial charge in [-0.2, -0.15) is 13.2 Å². The number of sulfonamides is 1. The zero-order valence-electron chi connectivity index (χ0n) is 18.2. The highest BCUT2D eigenvalue weighted by Crippen LogP contribution is 2.32. The van der Waals surface area contributed by atoms with Crippen molar-refractivity contribution in [1.29, 1.82) is 0 Å². The molecule has 11 heteroatoms. The van der Waals surface area contributed by atoms with Crippen molar-refractivity contribution in [2.45, 2.75) is 25.6 Å². The highest BCUT2D eigenvalue weighted by Gasteiger charge is 2.36. The SMILES string of the molecule is CC[C@@H](C(=O)N1CCN(c2cccc(C(F)(F)F)c2)CC1)N(c1ccc(F)cc1)S(C)(=O)=O. The molecule has 2 aromatic rings. The molecular formula is C22H25F4N3O3S. The summed E-state index contributed by atoms with van der Waals surface area (Å²) < 4.78 is 78.4. The van der Waals surface area contributed by atoms with Crippen LogP contribution in [-0.4, -0.2) is 57.7 Å². The van der Waals surface area contributed by atoms with Crippen LogP contribution in [0.2, 0.25) is 0 Å². The van der Waals surface area contributed by atoms with Gasteiger partial charge in [0.2, 0.25) is 15.9 Å². The third-order valence-electron chi connectivity index (χ3n) is 5.52. The van der Waals surface area contributed by atoms with Crippen molar-refractivity contribution in [2.75, 3.05) is 41.6 Å². The molecule has 0 spiro atoms. The summed E-state index contributed by atoms with van der Waals surface area (Å²) in [4.78, 5) is 16.5. The van der Waals surface area contributed by atoms with E-state index in [9.17, 15) is 30.8 Å². The minimum Gasteiger partial charge on any atom is -0.368 e. The number of rotatable bonds is 6. The first-order chi connectivity index (χ1) is 15.4. The largest absolute Gasteiger partial charge is 0.416 e. The molecule has 0 aromatic heterocycles. The number of amides is 1. The van der Waals surface area contributed by atoms with Gasteiger partial charge >= 0.3 is 6.18 Å². The van der Waals surface area contributed by atoms with E-state index in [1.54, 1.807) is 17.9 Å². The fourth-order valence-corrected chi connectivity index (χ4v) is 5.11. The van der Waals surface area contributed by atoms with Crippen molar-refractivity contribution in [3.63, 3.8) is 0 Å². The smallest absolute Gasteiger partial charge is 0.368 e. The van der Waals surface area contributed by atoms with E-state index in [0.717, 1.165) is 34.8 Å². The summed E-state index contributed by atoms with van der Waals surface area (Å²) in [5.74, 6) is -0.937. The van der Waals surface area contributed by atoms with Crippen molar-refractivity contribution in [2.24, 2.45) is 0 Å². The Kier molecular flexibility index (Phi) is 7.20. The van der Waals surface area contributed by atoms with Gasteiger partial charge in [-0.25, -0.2) is 12.8 Å². The number of carbonyl (C=O) groups excluding carboxylic acids is 1. The van der Waals surface area contributed by atoms with E-state index in [4.69, 9.17) is 0 Å². The van der Waals surface area contributed by atoms with Crippen molar-refractivity contribution in [3.8, 4) is 0 Å². The number of alkyl halides is 3. The third-order valence-corrected chi connectivity index (χ3v) is 6.70. The van der Waals surface area contributed by atoms with Crippen LogP contribution in [-0.2, 0) is 21.0 Å². The maximum absolute atomic E-state index is 13.3. The molecule has 1 heterocycles. The maximum atomic E-state index is 13.3. The Hall–Kier alpha value is -2.82. The fourth-order valence-electron chi connectivity index (χ4n) is 3.91. The summed E-state index contributed by atoms with van der Waals surface area (Å²) in [5, 5.41) is 0. The Balaban J connectivity index is 1.76. The first-order valence-corrected chi connectivity index (χ1v) is 12.2. The Bertz CT molecular complexity index is 1080. The van der Waals surface area contributed by atoms with Gasteiger partial charge in [-0.15, -0.1) is 0 Å². The average molecular weight is 488 g/mol. The minimum atomic E-state index is -4.45. The van der Waals surface area contributed by atoms with Gasteiger partial charge in [0.15, 0.2) is 0 Å². The molecule has 33 heavy (non-hydrogen) atoms. The van der Waals surface area contributed by atoms with Gasteiger partial charge < -0.3 is 9.80 Å². The van der Waals surface area contributed by atoms with Crippen LogP contribution in [0, 0.1) is 5.82 Å². The molecule has 180 valence electrons. The molecule has 1 amide bonds. The quantitative estimate of drug-likeness (QED) is 0.583. The standard InChI is InChI=1S/C22H25F4N3O3S/c1-3-20(29(33(2,31)32)18-9-7-17(23)8-10-18)21(30)28-13-11-27(12-14-28)19-6-4-5-16(15-19)22(24,25)26/h4-10,15,20H,3,11-14H2,1-2H3/t20-/m0/s1. The maximum Gasteiger partial charge on any atom is 0.416 e. The molecule has 1 aliphatic rings. The Morgan fingerprint density at radius 3 is 2.18 bits per heavy atom. The zero-order chi connectivity index (χ0) is 24.4. The summed E-state index contributed by atoms with van der Waals surface area (Å²) in [5.41, 5.74) is -0.151. The van der Waals surface area contributed by atoms with E-state index in [1.165, 1.54) is 23.1 Å². The summed E-state index contributed by atoms with van der Waals surface area (Å²) in [6.07, 6.45) is -3.27. The second-order valence-electron chi connectivity index (χ2n) is 7.82. The van der Waals surface area contributed by atoms with Crippen LogP contribution in [0.4, 0.5) is 28.9 Å². The van der Waals surface area contributed by atoms with E-state index in [2.05, 4.69) is 0 Å². The predicted molar refractivity (Wildman–Crippen MR) is 118 cm³/mol. The van der Waals surface area contributed by atoms with Crippen molar-refractivity contribution >= 4 is 27.3 Å². The van der Waals surface area contributed by atoms with E-state index < -0.39 is 39.5 Å². The molecule has 1 fully saturated rings. The molecule has 0 N–H and O–H groups in total. The molecule has 0 radical (unpaired) electrons. The van der Waals surface area contributed by atoms with Gasteiger partial charge in [0.25, 0.3) is 0 Å². The Morgan fingerprint density at radius 2 is 1.67 bits per heavy atom. The van der Waals surface area contributed by atoms with Crippen LogP contribution in [0.3, 0.4) is 0 Å². The summed E-state index contributed by atoms with van der Waals surface area (Å²) >= 11 is 0. The van der Waals surface area contributed by atoms with Gasteiger partial charge in [0.05, 0.1) is 17.5 Å². The first-order valence-electron chi connectivity index (χ1n) is 10.4. The van der Waals surface area contributed by atoms with Crippen molar-refractivity contribution in [3.05, 3.63) is 59.9 Å². The molecule has 0 saturated carbocycles. The van der Waals surface area contributed by atoms with Gasteiger partial charge in [-0.1, -0.05) is 13.0 Å². The van der Waals surface area contributed by atoms with Crippen molar-refractivity contribution < 1.29 is 30.8 Å². The van der Waals surface area contributed by atoms with Crippen LogP contribution in [0.1, 0.15) is 18.9 Å². The lowest BCUT2D eigenvalue weighted by atomic mass is 10.1. The lowest BCUT2D eigenvalue weighted by molar-refractivity contribution is -0.137. The van der Waals surface area contributed by atoms with E-state index >= 15 is 0 Å². The summed E-state index contributed by atoms with van der Waals surface area (Å²) in [7, 11) is -3.85. The Morgan fingerprint density at radius 1 is 1.06 bits per heavy atom. The molecule has 3 rings (SSSR count). The van der Waals surface area contributed by atoms with Crippen LogP contribution in [0.15, 0.2) is 48.5 Å². The minimum absolute atomic E-state index is 0.182. The predicted octanol–water partition coefficient (Wildman–Crippen LogP) is 3.74.